The number of para-hydroxylation sites is 1. The molecular formula is C19H24N6OS. The average Bonchev–Trinajstić information content (AvgIpc) is 2.72. The summed E-state index contributed by atoms with van der Waals surface area (Å²) in [5.41, 5.74) is 2.77. The van der Waals surface area contributed by atoms with E-state index < -0.39 is 0 Å². The summed E-state index contributed by atoms with van der Waals surface area (Å²) in [6, 6.07) is 9.94. The molecule has 3 rings (SSSR count). The first-order valence-corrected chi connectivity index (χ1v) is 8.40. The minimum Gasteiger partial charge on any atom is -0.496 e. The fraction of sp³-hybridized carbons (Fsp3) is 0.263. The topological polar surface area (TPSA) is 84.9 Å². The second-order valence-corrected chi connectivity index (χ2v) is 5.86. The van der Waals surface area contributed by atoms with Crippen molar-refractivity contribution in [3.63, 3.8) is 0 Å². The Balaban J connectivity index is 0.00000261. The van der Waals surface area contributed by atoms with Crippen LogP contribution in [-0.2, 0) is 0 Å². The summed E-state index contributed by atoms with van der Waals surface area (Å²) in [6.07, 6.45) is 5.02. The van der Waals surface area contributed by atoms with Crippen molar-refractivity contribution in [3.05, 3.63) is 54.6 Å². The monoisotopic (exact) mass is 384 g/mol. The molecule has 0 spiro atoms. The lowest BCUT2D eigenvalue weighted by Crippen LogP contribution is -2.12. The third-order valence-corrected chi connectivity index (χ3v) is 4.10. The number of aromatic nitrogens is 4. The molecule has 2 aromatic heterocycles. The normalized spacial score (nSPS) is 11.2. The Morgan fingerprint density at radius 1 is 1.07 bits per heavy atom. The maximum atomic E-state index is 5.44. The molecule has 27 heavy (non-hydrogen) atoms. The van der Waals surface area contributed by atoms with E-state index in [0.717, 1.165) is 34.9 Å². The molecule has 8 heteroatoms. The van der Waals surface area contributed by atoms with Gasteiger partial charge in [-0.25, -0.2) is 19.9 Å². The van der Waals surface area contributed by atoms with Gasteiger partial charge in [-0.1, -0.05) is 25.1 Å². The van der Waals surface area contributed by atoms with Crippen LogP contribution >= 0.6 is 13.5 Å². The molecule has 142 valence electrons. The summed E-state index contributed by atoms with van der Waals surface area (Å²) < 4.78 is 5.44. The van der Waals surface area contributed by atoms with Crippen molar-refractivity contribution < 1.29 is 4.74 Å². The van der Waals surface area contributed by atoms with E-state index >= 15 is 0 Å². The Labute approximate surface area is 166 Å². The average molecular weight is 385 g/mol. The molecule has 0 amide bonds. The minimum atomic E-state index is 0. The third-order valence-electron chi connectivity index (χ3n) is 4.10. The van der Waals surface area contributed by atoms with Crippen LogP contribution in [0.4, 0.5) is 11.8 Å². The van der Waals surface area contributed by atoms with Gasteiger partial charge < -0.3 is 15.4 Å². The van der Waals surface area contributed by atoms with Crippen molar-refractivity contribution >= 4 is 25.3 Å². The van der Waals surface area contributed by atoms with Gasteiger partial charge in [-0.3, -0.25) is 0 Å². The number of rotatable bonds is 7. The van der Waals surface area contributed by atoms with Crippen LogP contribution in [0.5, 0.6) is 5.75 Å². The van der Waals surface area contributed by atoms with Crippen LogP contribution in [0.1, 0.15) is 18.4 Å². The van der Waals surface area contributed by atoms with Crippen molar-refractivity contribution in [2.75, 3.05) is 31.3 Å². The van der Waals surface area contributed by atoms with E-state index in [1.807, 2.05) is 24.3 Å². The number of methoxy groups -OCH3 is 1. The van der Waals surface area contributed by atoms with Gasteiger partial charge in [0, 0.05) is 43.5 Å². The second-order valence-electron chi connectivity index (χ2n) is 5.86. The van der Waals surface area contributed by atoms with E-state index in [0.29, 0.717) is 5.95 Å². The highest BCUT2D eigenvalue weighted by Gasteiger charge is 2.11. The summed E-state index contributed by atoms with van der Waals surface area (Å²) in [5.74, 6) is 2.50. The van der Waals surface area contributed by atoms with Crippen LogP contribution < -0.4 is 15.4 Å². The van der Waals surface area contributed by atoms with Crippen LogP contribution in [0.25, 0.3) is 11.3 Å². The zero-order chi connectivity index (χ0) is 18.4. The van der Waals surface area contributed by atoms with Gasteiger partial charge in [0.2, 0.25) is 5.95 Å². The van der Waals surface area contributed by atoms with Crippen LogP contribution in [0, 0.1) is 0 Å². The zero-order valence-electron chi connectivity index (χ0n) is 15.6. The van der Waals surface area contributed by atoms with Crippen LogP contribution in [0.2, 0.25) is 0 Å². The predicted octanol–water partition coefficient (Wildman–Crippen LogP) is 3.31. The summed E-state index contributed by atoms with van der Waals surface area (Å²) >= 11 is 0. The van der Waals surface area contributed by atoms with Gasteiger partial charge in [0.15, 0.2) is 0 Å². The number of nitrogens with zero attached hydrogens (tertiary/aromatic N) is 4. The first-order valence-electron chi connectivity index (χ1n) is 8.40. The number of anilines is 2. The van der Waals surface area contributed by atoms with Gasteiger partial charge in [-0.2, -0.15) is 13.5 Å². The molecule has 0 unspecified atom stereocenters. The Morgan fingerprint density at radius 2 is 1.81 bits per heavy atom. The number of benzene rings is 1. The Bertz CT molecular complexity index is 859. The first-order chi connectivity index (χ1) is 12.7. The van der Waals surface area contributed by atoms with Gasteiger partial charge in [-0.15, -0.1) is 0 Å². The van der Waals surface area contributed by atoms with Gasteiger partial charge in [0.1, 0.15) is 17.9 Å². The van der Waals surface area contributed by atoms with E-state index in [4.69, 9.17) is 4.74 Å². The molecule has 0 radical (unpaired) electrons. The summed E-state index contributed by atoms with van der Waals surface area (Å²) in [4.78, 5) is 17.0. The van der Waals surface area contributed by atoms with Crippen LogP contribution in [-0.4, -0.2) is 40.6 Å². The molecule has 0 aliphatic rings. The van der Waals surface area contributed by atoms with Gasteiger partial charge >= 0.3 is 0 Å². The number of nitrogens with one attached hydrogen (secondary N) is 2. The molecule has 0 aliphatic heterocycles. The van der Waals surface area contributed by atoms with Crippen molar-refractivity contribution in [2.24, 2.45) is 0 Å². The maximum Gasteiger partial charge on any atom is 0.222 e. The Kier molecular flexibility index (Phi) is 7.36. The lowest BCUT2D eigenvalue weighted by atomic mass is 10.00. The lowest BCUT2D eigenvalue weighted by molar-refractivity contribution is 0.407. The fourth-order valence-electron chi connectivity index (χ4n) is 2.64. The highest BCUT2D eigenvalue weighted by Crippen LogP contribution is 2.26. The van der Waals surface area contributed by atoms with E-state index in [1.165, 1.54) is 6.33 Å². The van der Waals surface area contributed by atoms with E-state index in [9.17, 15) is 0 Å². The smallest absolute Gasteiger partial charge is 0.222 e. The molecule has 2 heterocycles. The quantitative estimate of drug-likeness (QED) is 0.646. The fourth-order valence-corrected chi connectivity index (χ4v) is 2.64. The highest BCUT2D eigenvalue weighted by atomic mass is 32.1. The summed E-state index contributed by atoms with van der Waals surface area (Å²) in [7, 11) is 3.47. The standard InChI is InChI=1S/C19H22N6O.H2S/c1-13(15-6-4-5-7-17(15)26-3)9-21-18-8-16(24-12-25-18)14-10-22-19(20-2)23-11-14;/h4-8,10-13H,9H2,1-3H3,(H,20,22,23)(H,21,24,25);1H2/t13-;/m1./s1. The van der Waals surface area contributed by atoms with Gasteiger partial charge in [0.25, 0.3) is 0 Å². The summed E-state index contributed by atoms with van der Waals surface area (Å²) in [6.45, 7) is 2.88. The molecule has 0 saturated carbocycles. The highest BCUT2D eigenvalue weighted by molar-refractivity contribution is 7.59. The molecule has 1 atom stereocenters. The number of hydrogen-bond donors (Lipinski definition) is 2. The third kappa shape index (κ3) is 5.07. The van der Waals surface area contributed by atoms with Gasteiger partial charge in [0.05, 0.1) is 12.8 Å². The Hall–Kier alpha value is -2.87. The first kappa shape index (κ1) is 20.4. The number of hydrogen-bond acceptors (Lipinski definition) is 7. The molecule has 0 bridgehead atoms. The predicted molar refractivity (Wildman–Crippen MR) is 113 cm³/mol. The van der Waals surface area contributed by atoms with E-state index in [2.05, 4.69) is 43.6 Å². The minimum absolute atomic E-state index is 0. The molecule has 3 aromatic rings. The van der Waals surface area contributed by atoms with Crippen molar-refractivity contribution in [3.8, 4) is 17.0 Å². The van der Waals surface area contributed by atoms with Crippen molar-refractivity contribution in [2.45, 2.75) is 12.8 Å². The molecule has 0 fully saturated rings. The van der Waals surface area contributed by atoms with Crippen molar-refractivity contribution in [1.29, 1.82) is 0 Å². The number of ether oxygens (including phenoxy) is 1. The zero-order valence-corrected chi connectivity index (χ0v) is 16.6. The largest absolute Gasteiger partial charge is 0.496 e. The second kappa shape index (κ2) is 9.72. The van der Waals surface area contributed by atoms with Crippen LogP contribution in [0.15, 0.2) is 49.1 Å². The maximum absolute atomic E-state index is 5.44. The molecule has 1 aromatic carbocycles. The van der Waals surface area contributed by atoms with E-state index in [1.54, 1.807) is 26.6 Å². The molecule has 0 aliphatic carbocycles. The van der Waals surface area contributed by atoms with Crippen molar-refractivity contribution in [1.82, 2.24) is 19.9 Å². The van der Waals surface area contributed by atoms with Gasteiger partial charge in [-0.05, 0) is 11.6 Å². The van der Waals surface area contributed by atoms with E-state index in [-0.39, 0.29) is 19.4 Å². The molecule has 7 nitrogen and oxygen atoms in total. The molecular weight excluding hydrogens is 360 g/mol. The molecule has 0 saturated heterocycles. The SMILES string of the molecule is CNc1ncc(-c2cc(NC[C@@H](C)c3ccccc3OC)ncn2)cn1.S. The lowest BCUT2D eigenvalue weighted by Gasteiger charge is -2.16. The Morgan fingerprint density at radius 3 is 2.52 bits per heavy atom. The van der Waals surface area contributed by atoms with Crippen LogP contribution in [0.3, 0.4) is 0 Å². The molecule has 2 N–H and O–H groups in total. The summed E-state index contributed by atoms with van der Waals surface area (Å²) in [5, 5.41) is 6.26.